The van der Waals surface area contributed by atoms with Crippen LogP contribution in [0.3, 0.4) is 0 Å². The van der Waals surface area contributed by atoms with Gasteiger partial charge in [0, 0.05) is 56.1 Å². The van der Waals surface area contributed by atoms with Crippen LogP contribution in [0.1, 0.15) is 43.1 Å². The highest BCUT2D eigenvalue weighted by molar-refractivity contribution is 6.09. The summed E-state index contributed by atoms with van der Waals surface area (Å²) in [7, 11) is 0. The van der Waals surface area contributed by atoms with Gasteiger partial charge in [0.05, 0.1) is 12.5 Å². The Morgan fingerprint density at radius 2 is 1.48 bits per heavy atom. The van der Waals surface area contributed by atoms with Gasteiger partial charge >= 0.3 is 5.97 Å². The van der Waals surface area contributed by atoms with Gasteiger partial charge in [-0.15, -0.1) is 0 Å². The monoisotopic (exact) mass is 452 g/mol. The lowest BCUT2D eigenvalue weighted by Gasteiger charge is -2.36. The molecule has 6 heteroatoms. The molecule has 3 rings (SSSR count). The van der Waals surface area contributed by atoms with Crippen LogP contribution in [-0.4, -0.2) is 68.7 Å². The first-order valence-corrected chi connectivity index (χ1v) is 11.9. The lowest BCUT2D eigenvalue weighted by molar-refractivity contribution is -0.148. The maximum absolute atomic E-state index is 12.6. The highest BCUT2D eigenvalue weighted by Gasteiger charge is 2.19. The topological polar surface area (TPSA) is 59.1 Å². The Bertz CT molecular complexity index is 875. The fourth-order valence-corrected chi connectivity index (χ4v) is 3.75. The van der Waals surface area contributed by atoms with E-state index in [4.69, 9.17) is 9.47 Å². The zero-order valence-corrected chi connectivity index (χ0v) is 20.0. The van der Waals surface area contributed by atoms with Crippen LogP contribution in [-0.2, 0) is 14.3 Å². The predicted molar refractivity (Wildman–Crippen MR) is 131 cm³/mol. The Morgan fingerprint density at radius 1 is 0.848 bits per heavy atom. The number of piperazine rings is 1. The van der Waals surface area contributed by atoms with Gasteiger partial charge in [-0.25, -0.2) is 0 Å². The normalized spacial score (nSPS) is 15.5. The fraction of sp³-hybridized carbons (Fsp3) is 0.481. The van der Waals surface area contributed by atoms with E-state index in [1.54, 1.807) is 0 Å². The summed E-state index contributed by atoms with van der Waals surface area (Å²) in [4.78, 5) is 29.3. The lowest BCUT2D eigenvalue weighted by atomic mass is 10.0. The zero-order valence-electron chi connectivity index (χ0n) is 20.0. The number of ether oxygens (including phenoxy) is 2. The standard InChI is InChI=1S/C27H36N2O4/c1-21(2)19-32-22(3)20-33-26(30)13-14-28-15-17-29(18-16-28)25-11-9-24(10-12-25)27(31)23-7-5-4-6-8-23/h4-12,21-22H,13-20H2,1-3H3. The summed E-state index contributed by atoms with van der Waals surface area (Å²) in [6, 6.07) is 17.2. The van der Waals surface area contributed by atoms with Crippen LogP contribution in [0.4, 0.5) is 5.69 Å². The molecule has 0 aliphatic carbocycles. The van der Waals surface area contributed by atoms with E-state index in [9.17, 15) is 9.59 Å². The molecule has 2 aromatic rings. The van der Waals surface area contributed by atoms with E-state index in [2.05, 4.69) is 23.6 Å². The summed E-state index contributed by atoms with van der Waals surface area (Å²) in [5, 5.41) is 0. The molecule has 1 saturated heterocycles. The molecule has 0 N–H and O–H groups in total. The molecule has 178 valence electrons. The minimum atomic E-state index is -0.170. The van der Waals surface area contributed by atoms with Crippen LogP contribution in [0.2, 0.25) is 0 Å². The third-order valence-corrected chi connectivity index (χ3v) is 5.73. The first-order chi connectivity index (χ1) is 15.9. The summed E-state index contributed by atoms with van der Waals surface area (Å²) in [6.45, 7) is 11.4. The number of rotatable bonds is 11. The van der Waals surface area contributed by atoms with E-state index < -0.39 is 0 Å². The molecule has 6 nitrogen and oxygen atoms in total. The number of hydrogen-bond donors (Lipinski definition) is 0. The van der Waals surface area contributed by atoms with Gasteiger partial charge in [-0.1, -0.05) is 44.2 Å². The highest BCUT2D eigenvalue weighted by Crippen LogP contribution is 2.19. The van der Waals surface area contributed by atoms with Gasteiger partial charge in [0.25, 0.3) is 0 Å². The first-order valence-electron chi connectivity index (χ1n) is 11.9. The lowest BCUT2D eigenvalue weighted by Crippen LogP contribution is -2.47. The van der Waals surface area contributed by atoms with Crippen molar-refractivity contribution in [2.45, 2.75) is 33.3 Å². The van der Waals surface area contributed by atoms with Crippen LogP contribution in [0.25, 0.3) is 0 Å². The van der Waals surface area contributed by atoms with Crippen molar-refractivity contribution >= 4 is 17.4 Å². The Hall–Kier alpha value is -2.70. The van der Waals surface area contributed by atoms with Gasteiger partial charge < -0.3 is 14.4 Å². The summed E-state index contributed by atoms with van der Waals surface area (Å²) in [5.41, 5.74) is 2.52. The van der Waals surface area contributed by atoms with Crippen molar-refractivity contribution in [1.82, 2.24) is 4.90 Å². The molecular formula is C27H36N2O4. The molecule has 0 spiro atoms. The first kappa shape index (κ1) is 24.9. The van der Waals surface area contributed by atoms with E-state index in [1.807, 2.05) is 61.5 Å². The van der Waals surface area contributed by atoms with E-state index in [0.717, 1.165) is 31.9 Å². The van der Waals surface area contributed by atoms with Crippen LogP contribution in [0, 0.1) is 5.92 Å². The number of anilines is 1. The van der Waals surface area contributed by atoms with Gasteiger partial charge in [0.1, 0.15) is 6.61 Å². The third-order valence-electron chi connectivity index (χ3n) is 5.73. The van der Waals surface area contributed by atoms with Crippen molar-refractivity contribution in [2.75, 3.05) is 50.8 Å². The van der Waals surface area contributed by atoms with Crippen LogP contribution in [0.5, 0.6) is 0 Å². The maximum Gasteiger partial charge on any atom is 0.307 e. The molecule has 1 fully saturated rings. The third kappa shape index (κ3) is 7.98. The second-order valence-electron chi connectivity index (χ2n) is 9.04. The van der Waals surface area contributed by atoms with Crippen LogP contribution in [0.15, 0.2) is 54.6 Å². The number of carbonyl (C=O) groups excluding carboxylic acids is 2. The molecule has 1 atom stereocenters. The smallest absolute Gasteiger partial charge is 0.307 e. The summed E-state index contributed by atoms with van der Waals surface area (Å²) in [5.74, 6) is 0.340. The number of benzene rings is 2. The average Bonchev–Trinajstić information content (AvgIpc) is 2.85. The molecule has 0 aromatic heterocycles. The molecular weight excluding hydrogens is 416 g/mol. The average molecular weight is 453 g/mol. The molecule has 0 saturated carbocycles. The molecule has 0 bridgehead atoms. The Labute approximate surface area is 197 Å². The van der Waals surface area contributed by atoms with E-state index in [-0.39, 0.29) is 17.9 Å². The maximum atomic E-state index is 12.6. The van der Waals surface area contributed by atoms with E-state index in [1.165, 1.54) is 0 Å². The second-order valence-corrected chi connectivity index (χ2v) is 9.04. The van der Waals surface area contributed by atoms with Gasteiger partial charge in [0.15, 0.2) is 5.78 Å². The molecule has 0 amide bonds. The summed E-state index contributed by atoms with van der Waals surface area (Å²) < 4.78 is 11.0. The Balaban J connectivity index is 1.37. The number of carbonyl (C=O) groups is 2. The van der Waals surface area contributed by atoms with Crippen LogP contribution < -0.4 is 4.90 Å². The zero-order chi connectivity index (χ0) is 23.6. The molecule has 33 heavy (non-hydrogen) atoms. The van der Waals surface area contributed by atoms with Gasteiger partial charge in [-0.05, 0) is 37.1 Å². The second kappa shape index (κ2) is 12.5. The van der Waals surface area contributed by atoms with Crippen molar-refractivity contribution < 1.29 is 19.1 Å². The van der Waals surface area contributed by atoms with Gasteiger partial charge in [-0.3, -0.25) is 14.5 Å². The van der Waals surface area contributed by atoms with Crippen molar-refractivity contribution in [3.63, 3.8) is 0 Å². The predicted octanol–water partition coefficient (Wildman–Crippen LogP) is 4.03. The number of ketones is 1. The minimum Gasteiger partial charge on any atom is -0.463 e. The molecule has 0 radical (unpaired) electrons. The SMILES string of the molecule is CC(C)COC(C)COC(=O)CCN1CCN(c2ccc(C(=O)c3ccccc3)cc2)CC1. The van der Waals surface area contributed by atoms with Crippen molar-refractivity contribution in [3.05, 3.63) is 65.7 Å². The Morgan fingerprint density at radius 3 is 2.12 bits per heavy atom. The Kier molecular flexibility index (Phi) is 9.46. The van der Waals surface area contributed by atoms with Crippen molar-refractivity contribution in [1.29, 1.82) is 0 Å². The van der Waals surface area contributed by atoms with Gasteiger partial charge in [-0.2, -0.15) is 0 Å². The molecule has 2 aromatic carbocycles. The largest absolute Gasteiger partial charge is 0.463 e. The summed E-state index contributed by atoms with van der Waals surface area (Å²) in [6.07, 6.45) is 0.321. The molecule has 1 aliphatic rings. The van der Waals surface area contributed by atoms with Crippen LogP contribution >= 0.6 is 0 Å². The van der Waals surface area contributed by atoms with Crippen molar-refractivity contribution in [2.24, 2.45) is 5.92 Å². The highest BCUT2D eigenvalue weighted by atomic mass is 16.6. The number of nitrogens with zero attached hydrogens (tertiary/aromatic N) is 2. The quantitative estimate of drug-likeness (QED) is 0.379. The van der Waals surface area contributed by atoms with Gasteiger partial charge in [0.2, 0.25) is 0 Å². The minimum absolute atomic E-state index is 0.0414. The number of esters is 1. The van der Waals surface area contributed by atoms with Crippen molar-refractivity contribution in [3.8, 4) is 0 Å². The number of hydrogen-bond acceptors (Lipinski definition) is 6. The summed E-state index contributed by atoms with van der Waals surface area (Å²) >= 11 is 0. The fourth-order valence-electron chi connectivity index (χ4n) is 3.75. The molecule has 1 heterocycles. The van der Waals surface area contributed by atoms with E-state index >= 15 is 0 Å². The van der Waals surface area contributed by atoms with E-state index in [0.29, 0.717) is 43.2 Å². The molecule has 1 unspecified atom stereocenters. The molecule has 1 aliphatic heterocycles.